The molecule has 2 saturated heterocycles. The first-order valence-electron chi connectivity index (χ1n) is 19.3. The standard InChI is InChI=1S/C41H41Cl2F2N7O6/c1-20-16-50(32-13-25-24(12-28(32)44)40(55)52(41(25)56)31-10-11-35(53)49-39(31)54)17-21(2)51(20)18-22-4-6-23(7-5-22)58-34-14-26-30(15-33(34)57-3)46-19-47-38(26)48-29-9-8-27(42)36(43)37(29)45/h8-9,12-15,19-23,31H,4-7,10-11,16-18H2,1-3H3,(H,46,47,48)(H,49,53,54). The molecule has 1 aliphatic carbocycles. The van der Waals surface area contributed by atoms with Gasteiger partial charge in [0.1, 0.15) is 24.0 Å². The number of piperazine rings is 1. The van der Waals surface area contributed by atoms with Gasteiger partial charge in [-0.15, -0.1) is 0 Å². The summed E-state index contributed by atoms with van der Waals surface area (Å²) in [4.78, 5) is 64.8. The summed E-state index contributed by atoms with van der Waals surface area (Å²) in [5.74, 6) is -2.06. The molecule has 304 valence electrons. The maximum Gasteiger partial charge on any atom is 0.262 e. The van der Waals surface area contributed by atoms with E-state index in [2.05, 4.69) is 39.3 Å². The lowest BCUT2D eigenvalue weighted by atomic mass is 9.86. The van der Waals surface area contributed by atoms with Gasteiger partial charge in [0.25, 0.3) is 11.8 Å². The Balaban J connectivity index is 0.897. The van der Waals surface area contributed by atoms with Crippen LogP contribution in [0.5, 0.6) is 11.5 Å². The summed E-state index contributed by atoms with van der Waals surface area (Å²) in [5, 5.41) is 5.71. The molecule has 3 atom stereocenters. The van der Waals surface area contributed by atoms with Gasteiger partial charge in [0.15, 0.2) is 17.3 Å². The number of rotatable bonds is 9. The molecular formula is C41H41Cl2F2N7O6. The van der Waals surface area contributed by atoms with Gasteiger partial charge in [-0.3, -0.25) is 34.3 Å². The SMILES string of the molecule is COc1cc2ncnc(Nc3ccc(Cl)c(Cl)c3F)c2cc1OC1CCC(CN2C(C)CN(c3cc4c(cc3F)C(=O)N(C3CCC(=O)NC3=O)C4=O)CC2C)CC1. The summed E-state index contributed by atoms with van der Waals surface area (Å²) < 4.78 is 42.8. The van der Waals surface area contributed by atoms with Crippen LogP contribution in [0.1, 0.15) is 73.1 Å². The van der Waals surface area contributed by atoms with E-state index in [4.69, 9.17) is 32.7 Å². The normalized spacial score (nSPS) is 23.9. The Morgan fingerprint density at radius 1 is 0.897 bits per heavy atom. The van der Waals surface area contributed by atoms with Crippen molar-refractivity contribution in [3.8, 4) is 11.5 Å². The number of aromatic nitrogens is 2. The number of hydrogen-bond donors (Lipinski definition) is 2. The average Bonchev–Trinajstić information content (AvgIpc) is 3.43. The second-order valence-electron chi connectivity index (χ2n) is 15.4. The molecule has 4 aromatic rings. The fourth-order valence-corrected chi connectivity index (χ4v) is 9.02. The van der Waals surface area contributed by atoms with E-state index in [1.807, 2.05) is 4.90 Å². The van der Waals surface area contributed by atoms with Gasteiger partial charge in [0, 0.05) is 49.6 Å². The number of carbonyl (C=O) groups is 4. The van der Waals surface area contributed by atoms with Crippen molar-refractivity contribution < 1.29 is 37.4 Å². The van der Waals surface area contributed by atoms with Crippen molar-refractivity contribution in [2.24, 2.45) is 5.92 Å². The number of ether oxygens (including phenoxy) is 2. The first-order valence-corrected chi connectivity index (χ1v) is 20.0. The molecule has 17 heteroatoms. The quantitative estimate of drug-likeness (QED) is 0.134. The molecule has 1 aromatic heterocycles. The van der Waals surface area contributed by atoms with Gasteiger partial charge in [-0.2, -0.15) is 0 Å². The number of anilines is 3. The van der Waals surface area contributed by atoms with Crippen LogP contribution in [0.2, 0.25) is 10.0 Å². The molecule has 0 bridgehead atoms. The molecule has 3 fully saturated rings. The Morgan fingerprint density at radius 3 is 2.29 bits per heavy atom. The number of nitrogens with zero attached hydrogens (tertiary/aromatic N) is 5. The van der Waals surface area contributed by atoms with Crippen molar-refractivity contribution in [1.29, 1.82) is 0 Å². The third kappa shape index (κ3) is 7.39. The van der Waals surface area contributed by atoms with Gasteiger partial charge in [-0.25, -0.2) is 18.7 Å². The summed E-state index contributed by atoms with van der Waals surface area (Å²) in [7, 11) is 1.56. The lowest BCUT2D eigenvalue weighted by Gasteiger charge is -2.47. The van der Waals surface area contributed by atoms with E-state index in [1.54, 1.807) is 19.2 Å². The molecule has 3 aliphatic heterocycles. The molecule has 3 unspecified atom stereocenters. The topological polar surface area (TPSA) is 146 Å². The van der Waals surface area contributed by atoms with E-state index in [0.29, 0.717) is 47.2 Å². The van der Waals surface area contributed by atoms with Gasteiger partial charge in [-0.1, -0.05) is 23.2 Å². The third-order valence-electron chi connectivity index (χ3n) is 11.7. The van der Waals surface area contributed by atoms with Crippen LogP contribution in [0.3, 0.4) is 0 Å². The van der Waals surface area contributed by atoms with Crippen LogP contribution >= 0.6 is 23.2 Å². The summed E-state index contributed by atoms with van der Waals surface area (Å²) in [6.45, 7) is 6.10. The minimum Gasteiger partial charge on any atom is -0.493 e. The molecule has 3 aromatic carbocycles. The number of halogens is 4. The van der Waals surface area contributed by atoms with Crippen LogP contribution < -0.4 is 25.0 Å². The van der Waals surface area contributed by atoms with Crippen molar-refractivity contribution in [3.63, 3.8) is 0 Å². The Kier molecular flexibility index (Phi) is 10.9. The first kappa shape index (κ1) is 39.7. The summed E-state index contributed by atoms with van der Waals surface area (Å²) in [6, 6.07) is 8.07. The minimum absolute atomic E-state index is 0.00295. The fraction of sp³-hybridized carbons (Fsp3) is 0.415. The Hall–Kier alpha value is -5.12. The minimum atomic E-state index is -1.12. The van der Waals surface area contributed by atoms with E-state index in [1.165, 1.54) is 24.5 Å². The smallest absolute Gasteiger partial charge is 0.262 e. The molecule has 4 heterocycles. The zero-order valence-corrected chi connectivity index (χ0v) is 33.5. The number of amides is 4. The van der Waals surface area contributed by atoms with Gasteiger partial charge >= 0.3 is 0 Å². The number of piperidine rings is 1. The highest BCUT2D eigenvalue weighted by atomic mass is 35.5. The van der Waals surface area contributed by atoms with E-state index >= 15 is 4.39 Å². The van der Waals surface area contributed by atoms with Crippen molar-refractivity contribution in [2.45, 2.75) is 76.6 Å². The number of methoxy groups -OCH3 is 1. The summed E-state index contributed by atoms with van der Waals surface area (Å²) in [6.07, 6.45) is 4.86. The van der Waals surface area contributed by atoms with Crippen molar-refractivity contribution >= 4 is 74.9 Å². The van der Waals surface area contributed by atoms with E-state index in [0.717, 1.165) is 43.2 Å². The maximum absolute atomic E-state index is 15.7. The van der Waals surface area contributed by atoms with Gasteiger partial charge in [-0.05, 0) is 82.2 Å². The molecular weight excluding hydrogens is 795 g/mol. The number of imide groups is 2. The highest BCUT2D eigenvalue weighted by Gasteiger charge is 2.46. The maximum atomic E-state index is 15.7. The van der Waals surface area contributed by atoms with Crippen LogP contribution in [0.15, 0.2) is 42.7 Å². The number of benzene rings is 3. The van der Waals surface area contributed by atoms with Crippen LogP contribution in [0.4, 0.5) is 26.0 Å². The average molecular weight is 837 g/mol. The van der Waals surface area contributed by atoms with Crippen molar-refractivity contribution in [1.82, 2.24) is 25.1 Å². The van der Waals surface area contributed by atoms with Crippen LogP contribution in [0, 0.1) is 17.6 Å². The number of hydrogen-bond acceptors (Lipinski definition) is 11. The second-order valence-corrected chi connectivity index (χ2v) is 16.2. The zero-order valence-electron chi connectivity index (χ0n) is 32.0. The predicted octanol–water partition coefficient (Wildman–Crippen LogP) is 6.91. The molecule has 13 nitrogen and oxygen atoms in total. The van der Waals surface area contributed by atoms with Gasteiger partial charge < -0.3 is 19.7 Å². The lowest BCUT2D eigenvalue weighted by Crippen LogP contribution is -2.58. The molecule has 4 aliphatic rings. The van der Waals surface area contributed by atoms with E-state index in [9.17, 15) is 23.6 Å². The van der Waals surface area contributed by atoms with Crippen molar-refractivity contribution in [2.75, 3.05) is 37.0 Å². The second kappa shape index (κ2) is 15.9. The zero-order chi connectivity index (χ0) is 41.0. The van der Waals surface area contributed by atoms with Crippen LogP contribution in [-0.4, -0.2) is 94.4 Å². The molecule has 8 rings (SSSR count). The third-order valence-corrected chi connectivity index (χ3v) is 12.5. The van der Waals surface area contributed by atoms with Crippen molar-refractivity contribution in [3.05, 3.63) is 75.5 Å². The fourth-order valence-electron chi connectivity index (χ4n) is 8.71. The summed E-state index contributed by atoms with van der Waals surface area (Å²) >= 11 is 12.0. The first-order chi connectivity index (χ1) is 27.8. The monoisotopic (exact) mass is 835 g/mol. The van der Waals surface area contributed by atoms with Gasteiger partial charge in [0.2, 0.25) is 11.8 Å². The summed E-state index contributed by atoms with van der Waals surface area (Å²) in [5.41, 5.74) is 0.898. The Morgan fingerprint density at radius 2 is 1.60 bits per heavy atom. The number of fused-ring (bicyclic) bond motifs is 2. The predicted molar refractivity (Wildman–Crippen MR) is 213 cm³/mol. The van der Waals surface area contributed by atoms with E-state index < -0.39 is 41.3 Å². The molecule has 4 amide bonds. The highest BCUT2D eigenvalue weighted by molar-refractivity contribution is 6.42. The Bertz CT molecular complexity index is 2330. The van der Waals surface area contributed by atoms with E-state index in [-0.39, 0.29) is 63.6 Å². The largest absolute Gasteiger partial charge is 0.493 e. The molecule has 58 heavy (non-hydrogen) atoms. The van der Waals surface area contributed by atoms with Gasteiger partial charge in [0.05, 0.1) is 51.3 Å². The number of nitrogens with one attached hydrogen (secondary N) is 2. The number of carbonyl (C=O) groups excluding carboxylic acids is 4. The molecule has 2 N–H and O–H groups in total. The van der Waals surface area contributed by atoms with Crippen LogP contribution in [0.25, 0.3) is 10.9 Å². The lowest BCUT2D eigenvalue weighted by molar-refractivity contribution is -0.136. The Labute approximate surface area is 342 Å². The molecule has 1 saturated carbocycles. The van der Waals surface area contributed by atoms with Crippen LogP contribution in [-0.2, 0) is 9.59 Å². The molecule has 0 radical (unpaired) electrons. The highest BCUT2D eigenvalue weighted by Crippen LogP contribution is 2.40. The molecule has 0 spiro atoms.